The van der Waals surface area contributed by atoms with Crippen LogP contribution in [0, 0.1) is 11.6 Å². The summed E-state index contributed by atoms with van der Waals surface area (Å²) in [6.45, 7) is 0.289. The number of para-hydroxylation sites is 1. The smallest absolute Gasteiger partial charge is 0.226 e. The van der Waals surface area contributed by atoms with Crippen LogP contribution in [-0.2, 0) is 17.6 Å². The molecule has 6 heteroatoms. The monoisotopic (exact) mass is 316 g/mol. The van der Waals surface area contributed by atoms with Crippen molar-refractivity contribution in [2.45, 2.75) is 12.8 Å². The third-order valence-electron chi connectivity index (χ3n) is 3.44. The zero-order valence-corrected chi connectivity index (χ0v) is 12.2. The second-order valence-corrected chi connectivity index (χ2v) is 5.18. The van der Waals surface area contributed by atoms with Gasteiger partial charge in [-0.3, -0.25) is 4.79 Å². The molecule has 4 nitrogen and oxygen atoms in total. The number of aromatic nitrogens is 1. The van der Waals surface area contributed by atoms with Crippen molar-refractivity contribution >= 4 is 16.9 Å². The first-order chi connectivity index (χ1) is 11.1. The van der Waals surface area contributed by atoms with Gasteiger partial charge in [0.05, 0.1) is 6.42 Å². The summed E-state index contributed by atoms with van der Waals surface area (Å²) < 4.78 is 31.3. The molecule has 0 saturated carbocycles. The molecule has 0 atom stereocenters. The van der Waals surface area contributed by atoms with E-state index in [4.69, 9.17) is 4.52 Å². The zero-order chi connectivity index (χ0) is 16.2. The van der Waals surface area contributed by atoms with E-state index in [0.717, 1.165) is 11.5 Å². The van der Waals surface area contributed by atoms with Crippen LogP contribution in [0.1, 0.15) is 11.3 Å². The van der Waals surface area contributed by atoms with Crippen molar-refractivity contribution in [1.82, 2.24) is 10.5 Å². The van der Waals surface area contributed by atoms with Crippen LogP contribution in [0.3, 0.4) is 0 Å². The Balaban J connectivity index is 1.55. The lowest BCUT2D eigenvalue weighted by Gasteiger charge is -2.05. The number of carbonyl (C=O) groups is 1. The van der Waals surface area contributed by atoms with E-state index in [1.807, 2.05) is 18.2 Å². The fraction of sp³-hybridized carbons (Fsp3) is 0.176. The molecule has 0 aliphatic carbocycles. The Bertz CT molecular complexity index is 825. The van der Waals surface area contributed by atoms with Gasteiger partial charge in [-0.2, -0.15) is 0 Å². The molecule has 0 saturated heterocycles. The molecule has 0 radical (unpaired) electrons. The minimum Gasteiger partial charge on any atom is -0.356 e. The van der Waals surface area contributed by atoms with E-state index in [9.17, 15) is 13.6 Å². The van der Waals surface area contributed by atoms with Crippen LogP contribution in [0.4, 0.5) is 8.78 Å². The van der Waals surface area contributed by atoms with Crippen molar-refractivity contribution in [2.24, 2.45) is 0 Å². The Kier molecular flexibility index (Phi) is 4.32. The summed E-state index contributed by atoms with van der Waals surface area (Å²) in [4.78, 5) is 11.9. The topological polar surface area (TPSA) is 55.1 Å². The van der Waals surface area contributed by atoms with Crippen molar-refractivity contribution in [3.8, 4) is 0 Å². The van der Waals surface area contributed by atoms with Crippen LogP contribution in [-0.4, -0.2) is 17.6 Å². The largest absolute Gasteiger partial charge is 0.356 e. The highest BCUT2D eigenvalue weighted by molar-refractivity contribution is 5.86. The average molecular weight is 316 g/mol. The SMILES string of the molecule is O=C(Cc1noc2ccccc12)NCCc1cc(F)cc(F)c1. The molecule has 1 N–H and O–H groups in total. The number of nitrogens with zero attached hydrogens (tertiary/aromatic N) is 1. The number of nitrogens with one attached hydrogen (secondary N) is 1. The predicted octanol–water partition coefficient (Wildman–Crippen LogP) is 3.01. The van der Waals surface area contributed by atoms with Gasteiger partial charge in [0.2, 0.25) is 5.91 Å². The van der Waals surface area contributed by atoms with Crippen molar-refractivity contribution in [3.05, 3.63) is 65.4 Å². The van der Waals surface area contributed by atoms with Gasteiger partial charge in [-0.15, -0.1) is 0 Å². The molecule has 2 aromatic carbocycles. The zero-order valence-electron chi connectivity index (χ0n) is 12.2. The van der Waals surface area contributed by atoms with E-state index >= 15 is 0 Å². The van der Waals surface area contributed by atoms with Gasteiger partial charge >= 0.3 is 0 Å². The molecular weight excluding hydrogens is 302 g/mol. The average Bonchev–Trinajstić information content (AvgIpc) is 2.90. The first-order valence-electron chi connectivity index (χ1n) is 7.17. The Morgan fingerprint density at radius 3 is 2.65 bits per heavy atom. The molecule has 0 unspecified atom stereocenters. The lowest BCUT2D eigenvalue weighted by molar-refractivity contribution is -0.120. The highest BCUT2D eigenvalue weighted by atomic mass is 19.1. The molecule has 3 rings (SSSR count). The van der Waals surface area contributed by atoms with Crippen molar-refractivity contribution in [2.75, 3.05) is 6.54 Å². The van der Waals surface area contributed by atoms with Crippen LogP contribution in [0.2, 0.25) is 0 Å². The normalized spacial score (nSPS) is 10.9. The molecule has 3 aromatic rings. The van der Waals surface area contributed by atoms with Gasteiger partial charge in [0.25, 0.3) is 0 Å². The Hall–Kier alpha value is -2.76. The second kappa shape index (κ2) is 6.56. The number of hydrogen-bond donors (Lipinski definition) is 1. The van der Waals surface area contributed by atoms with Crippen LogP contribution >= 0.6 is 0 Å². The fourth-order valence-electron chi connectivity index (χ4n) is 2.38. The van der Waals surface area contributed by atoms with Gasteiger partial charge in [0, 0.05) is 18.0 Å². The number of benzene rings is 2. The summed E-state index contributed by atoms with van der Waals surface area (Å²) in [5.41, 5.74) is 1.69. The first kappa shape index (κ1) is 15.1. The van der Waals surface area contributed by atoms with E-state index in [-0.39, 0.29) is 18.9 Å². The molecule has 1 heterocycles. The first-order valence-corrected chi connectivity index (χ1v) is 7.17. The van der Waals surface area contributed by atoms with Gasteiger partial charge in [-0.05, 0) is 36.2 Å². The maximum absolute atomic E-state index is 13.1. The van der Waals surface area contributed by atoms with Gasteiger partial charge in [-0.25, -0.2) is 8.78 Å². The number of rotatable bonds is 5. The summed E-state index contributed by atoms with van der Waals surface area (Å²) in [5, 5.41) is 7.40. The van der Waals surface area contributed by atoms with E-state index in [1.165, 1.54) is 12.1 Å². The molecule has 1 amide bonds. The Labute approximate surface area is 131 Å². The van der Waals surface area contributed by atoms with Gasteiger partial charge in [0.1, 0.15) is 17.3 Å². The summed E-state index contributed by atoms with van der Waals surface area (Å²) in [7, 11) is 0. The summed E-state index contributed by atoms with van der Waals surface area (Å²) in [6.07, 6.45) is 0.439. The fourth-order valence-corrected chi connectivity index (χ4v) is 2.38. The summed E-state index contributed by atoms with van der Waals surface area (Å²) in [5.74, 6) is -1.47. The molecule has 118 valence electrons. The van der Waals surface area contributed by atoms with Crippen LogP contribution < -0.4 is 5.32 Å². The van der Waals surface area contributed by atoms with Crippen LogP contribution in [0.5, 0.6) is 0 Å². The van der Waals surface area contributed by atoms with E-state index in [1.54, 1.807) is 6.07 Å². The number of carbonyl (C=O) groups excluding carboxylic acids is 1. The molecule has 23 heavy (non-hydrogen) atoms. The third kappa shape index (κ3) is 3.71. The van der Waals surface area contributed by atoms with E-state index < -0.39 is 11.6 Å². The second-order valence-electron chi connectivity index (χ2n) is 5.18. The Morgan fingerprint density at radius 2 is 1.87 bits per heavy atom. The highest BCUT2D eigenvalue weighted by Gasteiger charge is 2.11. The van der Waals surface area contributed by atoms with Gasteiger partial charge in [-0.1, -0.05) is 17.3 Å². The maximum Gasteiger partial charge on any atom is 0.226 e. The molecule has 0 bridgehead atoms. The van der Waals surface area contributed by atoms with Crippen molar-refractivity contribution in [3.63, 3.8) is 0 Å². The highest BCUT2D eigenvalue weighted by Crippen LogP contribution is 2.18. The molecular formula is C17H14F2N2O2. The summed E-state index contributed by atoms with van der Waals surface area (Å²) >= 11 is 0. The molecule has 1 aromatic heterocycles. The van der Waals surface area contributed by atoms with Crippen LogP contribution in [0.25, 0.3) is 11.0 Å². The molecule has 0 aliphatic heterocycles. The quantitative estimate of drug-likeness (QED) is 0.787. The third-order valence-corrected chi connectivity index (χ3v) is 3.44. The Morgan fingerprint density at radius 1 is 1.13 bits per heavy atom. The minimum absolute atomic E-state index is 0.0918. The van der Waals surface area contributed by atoms with E-state index in [0.29, 0.717) is 23.3 Å². The predicted molar refractivity (Wildman–Crippen MR) is 80.8 cm³/mol. The lowest BCUT2D eigenvalue weighted by Crippen LogP contribution is -2.27. The van der Waals surface area contributed by atoms with Gasteiger partial charge in [0.15, 0.2) is 5.58 Å². The number of fused-ring (bicyclic) bond motifs is 1. The lowest BCUT2D eigenvalue weighted by atomic mass is 10.1. The maximum atomic E-state index is 13.1. The summed E-state index contributed by atoms with van der Waals surface area (Å²) in [6, 6.07) is 10.6. The van der Waals surface area contributed by atoms with Crippen LogP contribution in [0.15, 0.2) is 47.0 Å². The van der Waals surface area contributed by atoms with E-state index in [2.05, 4.69) is 10.5 Å². The number of halogens is 2. The number of amides is 1. The number of hydrogen-bond acceptors (Lipinski definition) is 3. The molecule has 0 aliphatic rings. The standard InChI is InChI=1S/C17H14F2N2O2/c18-12-7-11(8-13(19)9-12)5-6-20-17(22)10-15-14-3-1-2-4-16(14)23-21-15/h1-4,7-9H,5-6,10H2,(H,20,22). The van der Waals surface area contributed by atoms with Gasteiger partial charge < -0.3 is 9.84 Å². The molecule has 0 spiro atoms. The minimum atomic E-state index is -0.625. The van der Waals surface area contributed by atoms with Crippen molar-refractivity contribution < 1.29 is 18.1 Å². The molecule has 0 fully saturated rings. The van der Waals surface area contributed by atoms with Crippen molar-refractivity contribution in [1.29, 1.82) is 0 Å².